The predicted octanol–water partition coefficient (Wildman–Crippen LogP) is 1.72. The molecule has 0 atom stereocenters. The number of carbonyl (C=O) groups excluding carboxylic acids is 1. The molecule has 0 N–H and O–H groups in total. The number of carbonyl (C=O) groups is 1. The minimum absolute atomic E-state index is 0.599. The molecular weight excluding hydrogens is 180 g/mol. The van der Waals surface area contributed by atoms with E-state index in [0.717, 1.165) is 11.8 Å². The Labute approximate surface area is 82.6 Å². The lowest BCUT2D eigenvalue weighted by Gasteiger charge is -2.22. The third-order valence-corrected chi connectivity index (χ3v) is 2.39. The molecule has 2 rings (SSSR count). The molecule has 0 aromatic heterocycles. The molecule has 0 spiro atoms. The fraction of sp³-hybridized carbons (Fsp3) is 0.364. The molecule has 1 aliphatic rings. The normalized spacial score (nSPS) is 19.5. The molecule has 0 amide bonds. The highest BCUT2D eigenvalue weighted by molar-refractivity contribution is 5.75. The van der Waals surface area contributed by atoms with E-state index in [1.54, 1.807) is 12.1 Å². The van der Waals surface area contributed by atoms with Crippen LogP contribution in [-0.2, 0) is 15.3 Å². The van der Waals surface area contributed by atoms with Gasteiger partial charge in [0.05, 0.1) is 13.2 Å². The quantitative estimate of drug-likeness (QED) is 0.669. The molecule has 1 fully saturated rings. The molecule has 3 heteroatoms. The number of benzene rings is 1. The van der Waals surface area contributed by atoms with Gasteiger partial charge in [-0.25, -0.2) is 0 Å². The van der Waals surface area contributed by atoms with Gasteiger partial charge in [-0.05, 0) is 13.0 Å². The van der Waals surface area contributed by atoms with Crippen LogP contribution in [0.2, 0.25) is 0 Å². The van der Waals surface area contributed by atoms with Gasteiger partial charge >= 0.3 is 0 Å². The van der Waals surface area contributed by atoms with Gasteiger partial charge in [-0.2, -0.15) is 0 Å². The molecule has 0 saturated carbocycles. The highest BCUT2D eigenvalue weighted by Crippen LogP contribution is 2.30. The summed E-state index contributed by atoms with van der Waals surface area (Å²) < 4.78 is 11.0. The highest BCUT2D eigenvalue weighted by atomic mass is 16.7. The SMILES string of the molecule is CC1(c2cccc(C=O)c2)OCCO1. The largest absolute Gasteiger partial charge is 0.344 e. The molecule has 1 aliphatic heterocycles. The van der Waals surface area contributed by atoms with Gasteiger partial charge in [0.2, 0.25) is 0 Å². The second-order valence-corrected chi connectivity index (χ2v) is 3.39. The lowest BCUT2D eigenvalue weighted by atomic mass is 10.1. The fourth-order valence-electron chi connectivity index (χ4n) is 1.58. The first-order chi connectivity index (χ1) is 6.74. The number of rotatable bonds is 2. The van der Waals surface area contributed by atoms with Crippen LogP contribution in [0.5, 0.6) is 0 Å². The topological polar surface area (TPSA) is 35.5 Å². The molecule has 0 aliphatic carbocycles. The van der Waals surface area contributed by atoms with Crippen molar-refractivity contribution in [3.63, 3.8) is 0 Å². The summed E-state index contributed by atoms with van der Waals surface area (Å²) in [6, 6.07) is 7.28. The Bertz CT molecular complexity index is 340. The molecule has 0 bridgehead atoms. The van der Waals surface area contributed by atoms with Gasteiger partial charge in [-0.3, -0.25) is 4.79 Å². The van der Waals surface area contributed by atoms with Crippen LogP contribution in [0.25, 0.3) is 0 Å². The Balaban J connectivity index is 2.35. The Morgan fingerprint density at radius 2 is 2.07 bits per heavy atom. The van der Waals surface area contributed by atoms with Crippen LogP contribution >= 0.6 is 0 Å². The van der Waals surface area contributed by atoms with Crippen molar-refractivity contribution in [3.05, 3.63) is 35.4 Å². The zero-order valence-corrected chi connectivity index (χ0v) is 8.03. The molecule has 1 saturated heterocycles. The molecule has 1 aromatic rings. The van der Waals surface area contributed by atoms with E-state index in [2.05, 4.69) is 0 Å². The van der Waals surface area contributed by atoms with Gasteiger partial charge in [0.1, 0.15) is 6.29 Å². The van der Waals surface area contributed by atoms with Crippen molar-refractivity contribution in [2.75, 3.05) is 13.2 Å². The van der Waals surface area contributed by atoms with Crippen LogP contribution < -0.4 is 0 Å². The lowest BCUT2D eigenvalue weighted by molar-refractivity contribution is -0.149. The average Bonchev–Trinajstić information content (AvgIpc) is 2.67. The third kappa shape index (κ3) is 1.56. The van der Waals surface area contributed by atoms with Gasteiger partial charge in [-0.15, -0.1) is 0 Å². The van der Waals surface area contributed by atoms with E-state index in [1.807, 2.05) is 19.1 Å². The Kier molecular flexibility index (Phi) is 2.35. The summed E-state index contributed by atoms with van der Waals surface area (Å²) in [6.07, 6.45) is 0.821. The van der Waals surface area contributed by atoms with Crippen molar-refractivity contribution < 1.29 is 14.3 Å². The Hall–Kier alpha value is -1.19. The minimum atomic E-state index is -0.682. The van der Waals surface area contributed by atoms with Crippen LogP contribution in [0.15, 0.2) is 24.3 Å². The Morgan fingerprint density at radius 1 is 1.36 bits per heavy atom. The zero-order valence-electron chi connectivity index (χ0n) is 8.03. The zero-order chi connectivity index (χ0) is 10.0. The van der Waals surface area contributed by atoms with Crippen LogP contribution in [0, 0.1) is 0 Å². The van der Waals surface area contributed by atoms with Crippen molar-refractivity contribution in [1.29, 1.82) is 0 Å². The maximum atomic E-state index is 10.6. The summed E-state index contributed by atoms with van der Waals surface area (Å²) in [6.45, 7) is 3.06. The third-order valence-electron chi connectivity index (χ3n) is 2.39. The highest BCUT2D eigenvalue weighted by Gasteiger charge is 2.32. The van der Waals surface area contributed by atoms with Crippen LogP contribution in [-0.4, -0.2) is 19.5 Å². The first-order valence-corrected chi connectivity index (χ1v) is 4.58. The summed E-state index contributed by atoms with van der Waals surface area (Å²) in [5.74, 6) is -0.682. The summed E-state index contributed by atoms with van der Waals surface area (Å²) >= 11 is 0. The van der Waals surface area contributed by atoms with Gasteiger partial charge in [0.25, 0.3) is 0 Å². The number of ether oxygens (including phenoxy) is 2. The van der Waals surface area contributed by atoms with Gasteiger partial charge in [-0.1, -0.05) is 18.2 Å². The molecule has 3 nitrogen and oxygen atoms in total. The van der Waals surface area contributed by atoms with E-state index in [-0.39, 0.29) is 0 Å². The first kappa shape index (κ1) is 9.37. The fourth-order valence-corrected chi connectivity index (χ4v) is 1.58. The summed E-state index contributed by atoms with van der Waals surface area (Å²) in [7, 11) is 0. The second kappa shape index (κ2) is 3.52. The molecule has 1 aromatic carbocycles. The van der Waals surface area contributed by atoms with Crippen LogP contribution in [0.4, 0.5) is 0 Å². The molecule has 0 unspecified atom stereocenters. The second-order valence-electron chi connectivity index (χ2n) is 3.39. The Morgan fingerprint density at radius 3 is 2.71 bits per heavy atom. The molecule has 74 valence electrons. The molecule has 0 radical (unpaired) electrons. The lowest BCUT2D eigenvalue weighted by Crippen LogP contribution is -2.22. The van der Waals surface area contributed by atoms with E-state index in [4.69, 9.17) is 9.47 Å². The maximum absolute atomic E-state index is 10.6. The van der Waals surface area contributed by atoms with Gasteiger partial charge in [0, 0.05) is 11.1 Å². The standard InChI is InChI=1S/C11H12O3/c1-11(13-5-6-14-11)10-4-2-3-9(7-10)8-12/h2-4,7-8H,5-6H2,1H3. The van der Waals surface area contributed by atoms with E-state index >= 15 is 0 Å². The average molecular weight is 192 g/mol. The maximum Gasteiger partial charge on any atom is 0.192 e. The van der Waals surface area contributed by atoms with Gasteiger partial charge < -0.3 is 9.47 Å². The minimum Gasteiger partial charge on any atom is -0.344 e. The molecular formula is C11H12O3. The predicted molar refractivity (Wildman–Crippen MR) is 51.1 cm³/mol. The van der Waals surface area contributed by atoms with Crippen molar-refractivity contribution in [3.8, 4) is 0 Å². The number of hydrogen-bond acceptors (Lipinski definition) is 3. The van der Waals surface area contributed by atoms with E-state index in [0.29, 0.717) is 18.8 Å². The van der Waals surface area contributed by atoms with Crippen LogP contribution in [0.3, 0.4) is 0 Å². The first-order valence-electron chi connectivity index (χ1n) is 4.58. The number of aldehydes is 1. The monoisotopic (exact) mass is 192 g/mol. The molecule has 1 heterocycles. The summed E-state index contributed by atoms with van der Waals surface area (Å²) in [5.41, 5.74) is 1.53. The van der Waals surface area contributed by atoms with Crippen LogP contribution in [0.1, 0.15) is 22.8 Å². The number of hydrogen-bond donors (Lipinski definition) is 0. The summed E-state index contributed by atoms with van der Waals surface area (Å²) in [5, 5.41) is 0. The van der Waals surface area contributed by atoms with Crippen molar-refractivity contribution >= 4 is 6.29 Å². The van der Waals surface area contributed by atoms with E-state index in [1.165, 1.54) is 0 Å². The van der Waals surface area contributed by atoms with E-state index in [9.17, 15) is 4.79 Å². The summed E-state index contributed by atoms with van der Waals surface area (Å²) in [4.78, 5) is 10.6. The van der Waals surface area contributed by atoms with Crippen molar-refractivity contribution in [1.82, 2.24) is 0 Å². The van der Waals surface area contributed by atoms with Crippen molar-refractivity contribution in [2.24, 2.45) is 0 Å². The smallest absolute Gasteiger partial charge is 0.192 e. The molecule has 14 heavy (non-hydrogen) atoms. The van der Waals surface area contributed by atoms with Gasteiger partial charge in [0.15, 0.2) is 5.79 Å². The van der Waals surface area contributed by atoms with E-state index < -0.39 is 5.79 Å². The van der Waals surface area contributed by atoms with Crippen molar-refractivity contribution in [2.45, 2.75) is 12.7 Å².